The molecule has 1 saturated carbocycles. The average Bonchev–Trinajstić information content (AvgIpc) is 3.33. The van der Waals surface area contributed by atoms with Crippen LogP contribution in [-0.4, -0.2) is 50.0 Å². The fourth-order valence-corrected chi connectivity index (χ4v) is 6.17. The molecule has 0 unspecified atom stereocenters. The van der Waals surface area contributed by atoms with Crippen molar-refractivity contribution in [3.05, 3.63) is 62.6 Å². The SMILES string of the molecule is CC[C@H](C(=O)NC1CCCC1)N(Cc1c(Cl)cccc1Cl)C(=O)CN(c1cc(Cl)ccc1C)S(C)(=O)=O. The second-order valence-electron chi connectivity index (χ2n) is 9.34. The monoisotopic (exact) mass is 587 g/mol. The first-order chi connectivity index (χ1) is 17.4. The zero-order chi connectivity index (χ0) is 27.3. The molecule has 11 heteroatoms. The van der Waals surface area contributed by atoms with E-state index in [0.29, 0.717) is 38.3 Å². The number of halogens is 3. The Kier molecular flexibility index (Phi) is 10.1. The van der Waals surface area contributed by atoms with Crippen LogP contribution >= 0.6 is 34.8 Å². The van der Waals surface area contributed by atoms with Crippen LogP contribution < -0.4 is 9.62 Å². The predicted molar refractivity (Wildman–Crippen MR) is 150 cm³/mol. The second kappa shape index (κ2) is 12.7. The van der Waals surface area contributed by atoms with Crippen molar-refractivity contribution >= 4 is 62.3 Å². The van der Waals surface area contributed by atoms with Crippen LogP contribution in [0.1, 0.15) is 50.2 Å². The summed E-state index contributed by atoms with van der Waals surface area (Å²) in [6.45, 7) is 2.97. The lowest BCUT2D eigenvalue weighted by molar-refractivity contribution is -0.140. The first kappa shape index (κ1) is 29.6. The predicted octanol–water partition coefficient (Wildman–Crippen LogP) is 5.59. The maximum Gasteiger partial charge on any atom is 0.244 e. The minimum Gasteiger partial charge on any atom is -0.352 e. The van der Waals surface area contributed by atoms with E-state index in [1.54, 1.807) is 37.3 Å². The van der Waals surface area contributed by atoms with Crippen molar-refractivity contribution in [3.63, 3.8) is 0 Å². The van der Waals surface area contributed by atoms with Gasteiger partial charge in [0.05, 0.1) is 11.9 Å². The highest BCUT2D eigenvalue weighted by Crippen LogP contribution is 2.29. The molecule has 0 aromatic heterocycles. The van der Waals surface area contributed by atoms with Crippen molar-refractivity contribution in [2.45, 2.75) is 64.6 Å². The van der Waals surface area contributed by atoms with Gasteiger partial charge in [0.2, 0.25) is 21.8 Å². The summed E-state index contributed by atoms with van der Waals surface area (Å²) in [4.78, 5) is 28.6. The molecule has 0 spiro atoms. The number of benzene rings is 2. The third kappa shape index (κ3) is 7.53. The zero-order valence-corrected chi connectivity index (χ0v) is 24.2. The highest BCUT2D eigenvalue weighted by atomic mass is 35.5. The standard InChI is InChI=1S/C26H32Cl3N3O4S/c1-4-23(26(34)30-19-8-5-6-9-19)31(15-20-21(28)10-7-11-22(20)29)25(33)16-32(37(3,35)36)24-14-18(27)13-12-17(24)2/h7,10-14,19,23H,4-6,8-9,15-16H2,1-3H3,(H,30,34)/t23-/m1/s1. The van der Waals surface area contributed by atoms with Gasteiger partial charge in [0, 0.05) is 33.2 Å². The molecule has 37 heavy (non-hydrogen) atoms. The van der Waals surface area contributed by atoms with Gasteiger partial charge in [0.15, 0.2) is 0 Å². The van der Waals surface area contributed by atoms with E-state index in [4.69, 9.17) is 34.8 Å². The van der Waals surface area contributed by atoms with E-state index < -0.39 is 28.5 Å². The molecule has 0 aliphatic heterocycles. The number of anilines is 1. The van der Waals surface area contributed by atoms with E-state index in [2.05, 4.69) is 5.32 Å². The van der Waals surface area contributed by atoms with Gasteiger partial charge in [0.1, 0.15) is 12.6 Å². The lowest BCUT2D eigenvalue weighted by atomic mass is 10.1. The number of nitrogens with zero attached hydrogens (tertiary/aromatic N) is 2. The van der Waals surface area contributed by atoms with E-state index in [-0.39, 0.29) is 18.5 Å². The molecule has 2 amide bonds. The maximum absolute atomic E-state index is 13.9. The smallest absolute Gasteiger partial charge is 0.244 e. The van der Waals surface area contributed by atoms with Crippen LogP contribution in [0.25, 0.3) is 0 Å². The van der Waals surface area contributed by atoms with Gasteiger partial charge in [-0.15, -0.1) is 0 Å². The summed E-state index contributed by atoms with van der Waals surface area (Å²) >= 11 is 19.0. The van der Waals surface area contributed by atoms with Gasteiger partial charge in [-0.2, -0.15) is 0 Å². The van der Waals surface area contributed by atoms with E-state index in [1.807, 2.05) is 6.92 Å². The summed E-state index contributed by atoms with van der Waals surface area (Å²) in [5.41, 5.74) is 1.41. The largest absolute Gasteiger partial charge is 0.352 e. The molecule has 7 nitrogen and oxygen atoms in total. The Labute approximate surface area is 234 Å². The van der Waals surface area contributed by atoms with Gasteiger partial charge in [-0.3, -0.25) is 13.9 Å². The maximum atomic E-state index is 13.9. The molecule has 1 aliphatic rings. The third-order valence-corrected chi connectivity index (χ3v) is 8.67. The van der Waals surface area contributed by atoms with Crippen molar-refractivity contribution in [2.24, 2.45) is 0 Å². The van der Waals surface area contributed by atoms with Crippen molar-refractivity contribution < 1.29 is 18.0 Å². The summed E-state index contributed by atoms with van der Waals surface area (Å²) in [5, 5.41) is 4.10. The fraction of sp³-hybridized carbons (Fsp3) is 0.462. The van der Waals surface area contributed by atoms with Crippen molar-refractivity contribution in [3.8, 4) is 0 Å². The Hall–Kier alpha value is -2.00. The molecule has 1 aliphatic carbocycles. The molecule has 0 radical (unpaired) electrons. The highest BCUT2D eigenvalue weighted by Gasteiger charge is 2.34. The van der Waals surface area contributed by atoms with Crippen LogP contribution in [0.2, 0.25) is 15.1 Å². The fourth-order valence-electron chi connectivity index (χ4n) is 4.59. The van der Waals surface area contributed by atoms with Gasteiger partial charge < -0.3 is 10.2 Å². The van der Waals surface area contributed by atoms with Crippen molar-refractivity contribution in [1.82, 2.24) is 10.2 Å². The lowest BCUT2D eigenvalue weighted by Gasteiger charge is -2.34. The van der Waals surface area contributed by atoms with Crippen LogP contribution in [0.4, 0.5) is 5.69 Å². The average molecular weight is 589 g/mol. The van der Waals surface area contributed by atoms with E-state index >= 15 is 0 Å². The van der Waals surface area contributed by atoms with Gasteiger partial charge in [-0.25, -0.2) is 8.42 Å². The lowest BCUT2D eigenvalue weighted by Crippen LogP contribution is -2.53. The van der Waals surface area contributed by atoms with Crippen LogP contribution in [0, 0.1) is 6.92 Å². The summed E-state index contributed by atoms with van der Waals surface area (Å²) in [7, 11) is -3.87. The number of carbonyl (C=O) groups is 2. The van der Waals surface area contributed by atoms with Crippen LogP contribution in [0.3, 0.4) is 0 Å². The van der Waals surface area contributed by atoms with E-state index in [9.17, 15) is 18.0 Å². The molecule has 3 rings (SSSR count). The van der Waals surface area contributed by atoms with Crippen LogP contribution in [0.15, 0.2) is 36.4 Å². The summed E-state index contributed by atoms with van der Waals surface area (Å²) in [6, 6.07) is 9.06. The summed E-state index contributed by atoms with van der Waals surface area (Å²) in [5.74, 6) is -0.843. The van der Waals surface area contributed by atoms with Gasteiger partial charge in [-0.05, 0) is 56.0 Å². The first-order valence-corrected chi connectivity index (χ1v) is 15.2. The molecule has 2 aromatic carbocycles. The molecule has 202 valence electrons. The number of aryl methyl sites for hydroxylation is 1. The van der Waals surface area contributed by atoms with Crippen molar-refractivity contribution in [2.75, 3.05) is 17.1 Å². The molecule has 1 N–H and O–H groups in total. The Morgan fingerprint density at radius 1 is 1.08 bits per heavy atom. The highest BCUT2D eigenvalue weighted by molar-refractivity contribution is 7.92. The Bertz CT molecular complexity index is 1230. The molecule has 1 fully saturated rings. The molecule has 0 bridgehead atoms. The Morgan fingerprint density at radius 3 is 2.27 bits per heavy atom. The molecular weight excluding hydrogens is 557 g/mol. The van der Waals surface area contributed by atoms with Gasteiger partial charge in [0.25, 0.3) is 0 Å². The Balaban J connectivity index is 2.00. The topological polar surface area (TPSA) is 86.8 Å². The first-order valence-electron chi connectivity index (χ1n) is 12.2. The number of rotatable bonds is 10. The minimum absolute atomic E-state index is 0.0555. The number of hydrogen-bond acceptors (Lipinski definition) is 4. The summed E-state index contributed by atoms with van der Waals surface area (Å²) in [6.07, 6.45) is 5.22. The molecule has 2 aromatic rings. The van der Waals surface area contributed by atoms with Gasteiger partial charge >= 0.3 is 0 Å². The minimum atomic E-state index is -3.87. The number of hydrogen-bond donors (Lipinski definition) is 1. The molecule has 1 atom stereocenters. The quantitative estimate of drug-likeness (QED) is 0.392. The van der Waals surface area contributed by atoms with Crippen molar-refractivity contribution in [1.29, 1.82) is 0 Å². The molecular formula is C26H32Cl3N3O4S. The van der Waals surface area contributed by atoms with Crippen LogP contribution in [-0.2, 0) is 26.2 Å². The Morgan fingerprint density at radius 2 is 1.70 bits per heavy atom. The van der Waals surface area contributed by atoms with Crippen LogP contribution in [0.5, 0.6) is 0 Å². The number of sulfonamides is 1. The normalized spacial score (nSPS) is 14.9. The van der Waals surface area contributed by atoms with E-state index in [1.165, 1.54) is 11.0 Å². The third-order valence-electron chi connectivity index (χ3n) is 6.60. The van der Waals surface area contributed by atoms with E-state index in [0.717, 1.165) is 36.2 Å². The second-order valence-corrected chi connectivity index (χ2v) is 12.5. The summed E-state index contributed by atoms with van der Waals surface area (Å²) < 4.78 is 26.6. The number of amides is 2. The molecule has 0 heterocycles. The van der Waals surface area contributed by atoms with Gasteiger partial charge in [-0.1, -0.05) is 66.7 Å². The molecule has 0 saturated heterocycles. The number of carbonyl (C=O) groups excluding carboxylic acids is 2. The zero-order valence-electron chi connectivity index (χ0n) is 21.1. The number of nitrogens with one attached hydrogen (secondary N) is 1.